The highest BCUT2D eigenvalue weighted by atomic mass is 16.6. The fourth-order valence-electron chi connectivity index (χ4n) is 4.45. The molecule has 1 aromatic carbocycles. The number of nitrogens with zero attached hydrogens (tertiary/aromatic N) is 1. The molecule has 2 atom stereocenters. The lowest BCUT2D eigenvalue weighted by Gasteiger charge is -2.44. The van der Waals surface area contributed by atoms with E-state index < -0.39 is 41.8 Å². The fraction of sp³-hybridized carbons (Fsp3) is 0.621. The van der Waals surface area contributed by atoms with Crippen LogP contribution >= 0.6 is 0 Å². The van der Waals surface area contributed by atoms with E-state index >= 15 is 0 Å². The molecule has 0 bridgehead atoms. The Morgan fingerprint density at radius 2 is 1.70 bits per heavy atom. The van der Waals surface area contributed by atoms with E-state index in [1.54, 1.807) is 45.0 Å². The first-order chi connectivity index (χ1) is 17.3. The van der Waals surface area contributed by atoms with Crippen LogP contribution in [-0.4, -0.2) is 57.7 Å². The van der Waals surface area contributed by atoms with Gasteiger partial charge >= 0.3 is 6.09 Å². The lowest BCUT2D eigenvalue weighted by Crippen LogP contribution is -2.60. The maximum atomic E-state index is 14.0. The third-order valence-electron chi connectivity index (χ3n) is 6.78. The van der Waals surface area contributed by atoms with Crippen molar-refractivity contribution in [3.05, 3.63) is 35.4 Å². The second-order valence-electron chi connectivity index (χ2n) is 11.3. The molecule has 1 aromatic rings. The van der Waals surface area contributed by atoms with Crippen molar-refractivity contribution in [1.82, 2.24) is 15.5 Å². The smallest absolute Gasteiger partial charge is 0.408 e. The zero-order chi connectivity index (χ0) is 27.8. The normalized spacial score (nSPS) is 16.2. The molecular weight excluding hydrogens is 470 g/mol. The summed E-state index contributed by atoms with van der Waals surface area (Å²) in [5, 5.41) is 15.8. The highest BCUT2D eigenvalue weighted by molar-refractivity contribution is 5.93. The van der Waals surface area contributed by atoms with Gasteiger partial charge in [0.1, 0.15) is 17.7 Å². The monoisotopic (exact) mass is 513 g/mol. The summed E-state index contributed by atoms with van der Waals surface area (Å²) in [4.78, 5) is 41.8. The second kappa shape index (κ2) is 13.0. The summed E-state index contributed by atoms with van der Waals surface area (Å²) in [5.74, 6) is 1.69. The SMILES string of the molecule is C#Cc1ccc(C(C(=O)NC2CCCCC2)N(C(=O)C(CO)NC(=O)OC(C)(C)C)C(C)(C)CC)cc1. The Hall–Kier alpha value is -3.05. The maximum Gasteiger partial charge on any atom is 0.408 e. The molecule has 2 unspecified atom stereocenters. The van der Waals surface area contributed by atoms with E-state index in [-0.39, 0.29) is 11.9 Å². The maximum absolute atomic E-state index is 14.0. The molecule has 204 valence electrons. The average molecular weight is 514 g/mol. The van der Waals surface area contributed by atoms with Crippen LogP contribution in [0.4, 0.5) is 4.79 Å². The number of hydrogen-bond donors (Lipinski definition) is 3. The Bertz CT molecular complexity index is 969. The zero-order valence-corrected chi connectivity index (χ0v) is 23.1. The van der Waals surface area contributed by atoms with Crippen molar-refractivity contribution in [2.75, 3.05) is 6.61 Å². The highest BCUT2D eigenvalue weighted by Gasteiger charge is 2.43. The molecular formula is C29H43N3O5. The first-order valence-corrected chi connectivity index (χ1v) is 13.1. The van der Waals surface area contributed by atoms with Gasteiger partial charge in [0, 0.05) is 17.1 Å². The van der Waals surface area contributed by atoms with Crippen LogP contribution in [0.5, 0.6) is 0 Å². The minimum absolute atomic E-state index is 0.0314. The number of carbonyl (C=O) groups excluding carboxylic acids is 3. The van der Waals surface area contributed by atoms with Crippen molar-refractivity contribution >= 4 is 17.9 Å². The standard InChI is InChI=1S/C29H43N3O5/c1-8-20-15-17-21(18-16-20)24(25(34)30-22-13-11-10-12-14-22)32(29(6,7)9-2)26(35)23(19-33)31-27(36)37-28(3,4)5/h1,15-18,22-24,33H,9-14,19H2,2-7H3,(H,30,34)(H,31,36). The van der Waals surface area contributed by atoms with Crippen molar-refractivity contribution in [2.24, 2.45) is 0 Å². The molecule has 1 aliphatic carbocycles. The molecule has 8 heteroatoms. The fourth-order valence-corrected chi connectivity index (χ4v) is 4.45. The van der Waals surface area contributed by atoms with Gasteiger partial charge in [-0.05, 0) is 71.6 Å². The number of benzene rings is 1. The number of ether oxygens (including phenoxy) is 1. The van der Waals surface area contributed by atoms with E-state index in [1.807, 2.05) is 20.8 Å². The Labute approximate surface area is 221 Å². The number of nitrogens with one attached hydrogen (secondary N) is 2. The Morgan fingerprint density at radius 3 is 2.19 bits per heavy atom. The van der Waals surface area contributed by atoms with Crippen LogP contribution in [0.2, 0.25) is 0 Å². The third-order valence-corrected chi connectivity index (χ3v) is 6.78. The number of rotatable bonds is 9. The molecule has 1 aliphatic rings. The first-order valence-electron chi connectivity index (χ1n) is 13.1. The molecule has 0 radical (unpaired) electrons. The van der Waals surface area contributed by atoms with E-state index in [1.165, 1.54) is 4.90 Å². The number of carbonyl (C=O) groups is 3. The van der Waals surface area contributed by atoms with Crippen molar-refractivity contribution in [2.45, 2.75) is 109 Å². The minimum Gasteiger partial charge on any atom is -0.444 e. The van der Waals surface area contributed by atoms with Gasteiger partial charge in [-0.1, -0.05) is 44.2 Å². The van der Waals surface area contributed by atoms with Crippen LogP contribution in [0, 0.1) is 12.3 Å². The van der Waals surface area contributed by atoms with E-state index in [9.17, 15) is 19.5 Å². The largest absolute Gasteiger partial charge is 0.444 e. The van der Waals surface area contributed by atoms with Crippen LogP contribution in [0.25, 0.3) is 0 Å². The molecule has 0 aromatic heterocycles. The van der Waals surface area contributed by atoms with Gasteiger partial charge in [0.15, 0.2) is 0 Å². The van der Waals surface area contributed by atoms with Gasteiger partial charge in [-0.25, -0.2) is 4.79 Å². The van der Waals surface area contributed by atoms with Crippen molar-refractivity contribution in [3.8, 4) is 12.3 Å². The molecule has 1 saturated carbocycles. The van der Waals surface area contributed by atoms with Crippen molar-refractivity contribution in [1.29, 1.82) is 0 Å². The molecule has 3 N–H and O–H groups in total. The number of aliphatic hydroxyl groups excluding tert-OH is 1. The van der Waals surface area contributed by atoms with Gasteiger partial charge in [-0.3, -0.25) is 9.59 Å². The summed E-state index contributed by atoms with van der Waals surface area (Å²) in [6.45, 7) is 10.1. The van der Waals surface area contributed by atoms with Crippen LogP contribution < -0.4 is 10.6 Å². The predicted molar refractivity (Wildman–Crippen MR) is 144 cm³/mol. The summed E-state index contributed by atoms with van der Waals surface area (Å²) < 4.78 is 5.30. The van der Waals surface area contributed by atoms with Crippen LogP contribution in [0.3, 0.4) is 0 Å². The third kappa shape index (κ3) is 8.50. The summed E-state index contributed by atoms with van der Waals surface area (Å²) >= 11 is 0. The molecule has 0 spiro atoms. The summed E-state index contributed by atoms with van der Waals surface area (Å²) in [6, 6.07) is 4.72. The molecule has 0 saturated heterocycles. The van der Waals surface area contributed by atoms with E-state index in [0.29, 0.717) is 17.5 Å². The quantitative estimate of drug-likeness (QED) is 0.432. The van der Waals surface area contributed by atoms with Crippen LogP contribution in [-0.2, 0) is 14.3 Å². The molecule has 1 fully saturated rings. The summed E-state index contributed by atoms with van der Waals surface area (Å²) in [6.07, 6.45) is 10.2. The van der Waals surface area contributed by atoms with Gasteiger partial charge in [-0.15, -0.1) is 6.42 Å². The molecule has 2 rings (SSSR count). The second-order valence-corrected chi connectivity index (χ2v) is 11.3. The lowest BCUT2D eigenvalue weighted by molar-refractivity contribution is -0.150. The number of terminal acetylenes is 1. The molecule has 0 heterocycles. The van der Waals surface area contributed by atoms with Gasteiger partial charge in [0.2, 0.25) is 11.8 Å². The summed E-state index contributed by atoms with van der Waals surface area (Å²) in [7, 11) is 0. The van der Waals surface area contributed by atoms with Gasteiger partial charge in [-0.2, -0.15) is 0 Å². The van der Waals surface area contributed by atoms with Crippen LogP contribution in [0.1, 0.15) is 97.2 Å². The predicted octanol–water partition coefficient (Wildman–Crippen LogP) is 4.06. The first kappa shape index (κ1) is 30.2. The van der Waals surface area contributed by atoms with E-state index in [2.05, 4.69) is 16.6 Å². The van der Waals surface area contributed by atoms with Crippen molar-refractivity contribution < 1.29 is 24.2 Å². The average Bonchev–Trinajstić information content (AvgIpc) is 2.84. The Kier molecular flexibility index (Phi) is 10.6. The van der Waals surface area contributed by atoms with Crippen molar-refractivity contribution in [3.63, 3.8) is 0 Å². The van der Waals surface area contributed by atoms with Gasteiger partial charge in [0.25, 0.3) is 0 Å². The van der Waals surface area contributed by atoms with E-state index in [0.717, 1.165) is 32.1 Å². The number of aliphatic hydroxyl groups is 1. The molecule has 37 heavy (non-hydrogen) atoms. The Morgan fingerprint density at radius 1 is 1.11 bits per heavy atom. The number of hydrogen-bond acceptors (Lipinski definition) is 5. The zero-order valence-electron chi connectivity index (χ0n) is 23.1. The topological polar surface area (TPSA) is 108 Å². The number of alkyl carbamates (subject to hydrolysis) is 1. The van der Waals surface area contributed by atoms with E-state index in [4.69, 9.17) is 11.2 Å². The van der Waals surface area contributed by atoms with Crippen LogP contribution in [0.15, 0.2) is 24.3 Å². The highest BCUT2D eigenvalue weighted by Crippen LogP contribution is 2.33. The molecule has 0 aliphatic heterocycles. The summed E-state index contributed by atoms with van der Waals surface area (Å²) in [5.41, 5.74) is -0.324. The minimum atomic E-state index is -1.30. The lowest BCUT2D eigenvalue weighted by atomic mass is 9.90. The Balaban J connectivity index is 2.51. The van der Waals surface area contributed by atoms with Gasteiger partial charge in [0.05, 0.1) is 6.61 Å². The molecule has 3 amide bonds. The molecule has 8 nitrogen and oxygen atoms in total. The number of amides is 3. The van der Waals surface area contributed by atoms with Gasteiger partial charge < -0.3 is 25.4 Å².